The van der Waals surface area contributed by atoms with Crippen LogP contribution in [0.5, 0.6) is 0 Å². The predicted molar refractivity (Wildman–Crippen MR) is 144 cm³/mol. The summed E-state index contributed by atoms with van der Waals surface area (Å²) in [5, 5.41) is 3.83. The Kier molecular flexibility index (Phi) is 7.13. The lowest BCUT2D eigenvalue weighted by Gasteiger charge is -2.16. The van der Waals surface area contributed by atoms with E-state index in [2.05, 4.69) is 21.6 Å². The van der Waals surface area contributed by atoms with Gasteiger partial charge in [-0.1, -0.05) is 79.2 Å². The molecule has 0 aliphatic heterocycles. The molecule has 7 nitrogen and oxygen atoms in total. The highest BCUT2D eigenvalue weighted by molar-refractivity contribution is 5.80. The van der Waals surface area contributed by atoms with Crippen molar-refractivity contribution in [1.82, 2.24) is 19.7 Å². The van der Waals surface area contributed by atoms with Crippen molar-refractivity contribution in [2.45, 2.75) is 39.7 Å². The topological polar surface area (TPSA) is 93.8 Å². The second-order valence-corrected chi connectivity index (χ2v) is 9.18. The number of rotatable bonds is 8. The fraction of sp³-hybridized carbons (Fsp3) is 0.200. The Balaban J connectivity index is 1.51. The predicted octanol–water partition coefficient (Wildman–Crippen LogP) is 5.76. The van der Waals surface area contributed by atoms with Crippen molar-refractivity contribution in [3.05, 3.63) is 117 Å². The Morgan fingerprint density at radius 1 is 0.921 bits per heavy atom. The molecule has 0 amide bonds. The molecule has 2 heterocycles. The third-order valence-corrected chi connectivity index (χ3v) is 6.54. The molecule has 0 fully saturated rings. The van der Waals surface area contributed by atoms with Crippen molar-refractivity contribution in [2.24, 2.45) is 0 Å². The van der Waals surface area contributed by atoms with Crippen LogP contribution in [0.15, 0.2) is 86.9 Å². The quantitative estimate of drug-likeness (QED) is 0.287. The van der Waals surface area contributed by atoms with E-state index in [1.807, 2.05) is 55.5 Å². The largest absolute Gasteiger partial charge is 0.439 e. The number of benzene rings is 3. The number of H-pyrrole nitrogens is 1. The molecule has 38 heavy (non-hydrogen) atoms. The van der Waals surface area contributed by atoms with E-state index < -0.39 is 5.76 Å². The van der Waals surface area contributed by atoms with Crippen molar-refractivity contribution < 1.29 is 8.91 Å². The molecule has 5 aromatic rings. The SMILES string of the molecule is CCCCc1nc(C)c(-c2ccc(F)cc2)c(=O)n1Cc1ccc(-c2ccccc2-c2noc(=O)[nH]2)cc1. The third kappa shape index (κ3) is 5.11. The fourth-order valence-corrected chi connectivity index (χ4v) is 4.61. The highest BCUT2D eigenvalue weighted by Gasteiger charge is 2.17. The zero-order valence-electron chi connectivity index (χ0n) is 21.2. The van der Waals surface area contributed by atoms with Crippen molar-refractivity contribution >= 4 is 0 Å². The average molecular weight is 511 g/mol. The summed E-state index contributed by atoms with van der Waals surface area (Å²) >= 11 is 0. The van der Waals surface area contributed by atoms with Crippen molar-refractivity contribution in [3.63, 3.8) is 0 Å². The molecule has 192 valence electrons. The highest BCUT2D eigenvalue weighted by Crippen LogP contribution is 2.30. The van der Waals surface area contributed by atoms with Crippen LogP contribution < -0.4 is 11.3 Å². The molecule has 0 radical (unpaired) electrons. The molecule has 0 bridgehead atoms. The van der Waals surface area contributed by atoms with Crippen LogP contribution in [0, 0.1) is 12.7 Å². The van der Waals surface area contributed by atoms with Gasteiger partial charge in [-0.05, 0) is 47.7 Å². The number of unbranched alkanes of at least 4 members (excludes halogenated alkanes) is 1. The van der Waals surface area contributed by atoms with Crippen LogP contribution >= 0.6 is 0 Å². The number of halogens is 1. The second-order valence-electron chi connectivity index (χ2n) is 9.18. The highest BCUT2D eigenvalue weighted by atomic mass is 19.1. The first kappa shape index (κ1) is 25.1. The van der Waals surface area contributed by atoms with Gasteiger partial charge in [-0.25, -0.2) is 14.2 Å². The van der Waals surface area contributed by atoms with Crippen molar-refractivity contribution in [1.29, 1.82) is 0 Å². The number of aromatic nitrogens is 4. The molecule has 8 heteroatoms. The molecule has 0 spiro atoms. The Labute approximate surface area is 218 Å². The molecular formula is C30H27FN4O3. The van der Waals surface area contributed by atoms with Crippen molar-refractivity contribution in [3.8, 4) is 33.6 Å². The minimum Gasteiger partial charge on any atom is -0.296 e. The first-order valence-corrected chi connectivity index (χ1v) is 12.6. The molecule has 0 saturated carbocycles. The summed E-state index contributed by atoms with van der Waals surface area (Å²) in [5.41, 5.74) is 5.14. The zero-order chi connectivity index (χ0) is 26.6. The van der Waals surface area contributed by atoms with Gasteiger partial charge < -0.3 is 0 Å². The Bertz CT molecular complexity index is 1680. The van der Waals surface area contributed by atoms with Crippen LogP contribution in [0.1, 0.15) is 36.8 Å². The number of aryl methyl sites for hydroxylation is 2. The summed E-state index contributed by atoms with van der Waals surface area (Å²) < 4.78 is 19.9. The molecule has 0 aliphatic carbocycles. The number of nitrogens with zero attached hydrogens (tertiary/aromatic N) is 3. The summed E-state index contributed by atoms with van der Waals surface area (Å²) in [6, 6.07) is 21.5. The lowest BCUT2D eigenvalue weighted by atomic mass is 9.98. The zero-order valence-corrected chi connectivity index (χ0v) is 21.2. The lowest BCUT2D eigenvalue weighted by molar-refractivity contribution is 0.388. The monoisotopic (exact) mass is 510 g/mol. The van der Waals surface area contributed by atoms with E-state index in [1.165, 1.54) is 12.1 Å². The number of hydrogen-bond acceptors (Lipinski definition) is 5. The number of aromatic amines is 1. The molecule has 0 unspecified atom stereocenters. The third-order valence-electron chi connectivity index (χ3n) is 6.54. The van der Waals surface area contributed by atoms with Gasteiger partial charge in [0.1, 0.15) is 11.6 Å². The molecule has 0 aliphatic rings. The summed E-state index contributed by atoms with van der Waals surface area (Å²) in [5.74, 6) is 0.141. The van der Waals surface area contributed by atoms with Gasteiger partial charge in [0.2, 0.25) is 0 Å². The molecule has 0 atom stereocenters. The van der Waals surface area contributed by atoms with Gasteiger partial charge in [0.25, 0.3) is 5.56 Å². The van der Waals surface area contributed by atoms with Crippen molar-refractivity contribution in [2.75, 3.05) is 0 Å². The summed E-state index contributed by atoms with van der Waals surface area (Å²) in [7, 11) is 0. The number of nitrogens with one attached hydrogen (secondary N) is 1. The molecule has 2 aromatic heterocycles. The second kappa shape index (κ2) is 10.8. The molecular weight excluding hydrogens is 483 g/mol. The van der Waals surface area contributed by atoms with E-state index in [1.54, 1.807) is 16.7 Å². The first-order chi connectivity index (χ1) is 18.4. The Hall–Kier alpha value is -4.59. The van der Waals surface area contributed by atoms with Crippen LogP contribution in [-0.4, -0.2) is 19.7 Å². The van der Waals surface area contributed by atoms with Gasteiger partial charge in [0, 0.05) is 12.0 Å². The van der Waals surface area contributed by atoms with Gasteiger partial charge in [0.15, 0.2) is 5.82 Å². The molecule has 3 aromatic carbocycles. The standard InChI is InChI=1S/C30H27FN4O3/c1-3-4-9-26-32-19(2)27(22-14-16-23(31)17-15-22)29(36)35(26)18-20-10-12-21(13-11-20)24-7-5-6-8-25(24)28-33-30(37)38-34-28/h5-8,10-17H,3-4,9,18H2,1-2H3,(H,33,34,37). The number of hydrogen-bond donors (Lipinski definition) is 1. The van der Waals surface area contributed by atoms with Crippen LogP contribution in [0.2, 0.25) is 0 Å². The Morgan fingerprint density at radius 2 is 1.61 bits per heavy atom. The van der Waals surface area contributed by atoms with E-state index in [9.17, 15) is 14.0 Å². The van der Waals surface area contributed by atoms with Crippen LogP contribution in [0.25, 0.3) is 33.6 Å². The summed E-state index contributed by atoms with van der Waals surface area (Å²) in [6.07, 6.45) is 2.60. The van der Waals surface area contributed by atoms with Gasteiger partial charge in [-0.2, -0.15) is 0 Å². The lowest BCUT2D eigenvalue weighted by Crippen LogP contribution is -2.28. The maximum Gasteiger partial charge on any atom is 0.439 e. The maximum absolute atomic E-state index is 13.7. The first-order valence-electron chi connectivity index (χ1n) is 12.6. The molecule has 0 saturated heterocycles. The van der Waals surface area contributed by atoms with Gasteiger partial charge >= 0.3 is 5.76 Å². The minimum atomic E-state index is -0.610. The van der Waals surface area contributed by atoms with Crippen LogP contribution in [0.3, 0.4) is 0 Å². The van der Waals surface area contributed by atoms with Gasteiger partial charge in [0.05, 0.1) is 17.8 Å². The van der Waals surface area contributed by atoms with E-state index in [0.717, 1.165) is 40.9 Å². The Morgan fingerprint density at radius 3 is 2.26 bits per heavy atom. The summed E-state index contributed by atoms with van der Waals surface area (Å²) in [4.78, 5) is 32.6. The van der Waals surface area contributed by atoms with Gasteiger partial charge in [-0.3, -0.25) is 18.9 Å². The summed E-state index contributed by atoms with van der Waals surface area (Å²) in [6.45, 7) is 4.29. The maximum atomic E-state index is 13.7. The smallest absolute Gasteiger partial charge is 0.296 e. The average Bonchev–Trinajstić information content (AvgIpc) is 3.37. The van der Waals surface area contributed by atoms with Gasteiger partial charge in [-0.15, -0.1) is 0 Å². The van der Waals surface area contributed by atoms with E-state index in [-0.39, 0.29) is 11.4 Å². The molecule has 1 N–H and O–H groups in total. The van der Waals surface area contributed by atoms with Crippen LogP contribution in [0.4, 0.5) is 4.39 Å². The normalized spacial score (nSPS) is 11.1. The fourth-order valence-electron chi connectivity index (χ4n) is 4.61. The molecule has 5 rings (SSSR count). The van der Waals surface area contributed by atoms with E-state index in [0.29, 0.717) is 35.6 Å². The van der Waals surface area contributed by atoms with E-state index >= 15 is 0 Å². The minimum absolute atomic E-state index is 0.139. The van der Waals surface area contributed by atoms with Crippen LogP contribution in [-0.2, 0) is 13.0 Å². The van der Waals surface area contributed by atoms with E-state index in [4.69, 9.17) is 4.98 Å².